The van der Waals surface area contributed by atoms with Gasteiger partial charge < -0.3 is 10.1 Å². The molecular weight excluding hydrogens is 550 g/mol. The number of hydrogen-bond acceptors (Lipinski definition) is 6. The molecular formula is C30H40ClN3O5S. The number of benzene rings is 2. The molecule has 0 aliphatic carbocycles. The third-order valence-electron chi connectivity index (χ3n) is 6.76. The minimum Gasteiger partial charge on any atom is -0.462 e. The molecule has 0 bridgehead atoms. The van der Waals surface area contributed by atoms with Crippen LogP contribution in [0.15, 0.2) is 52.4 Å². The van der Waals surface area contributed by atoms with Crippen molar-refractivity contribution < 1.29 is 22.7 Å². The summed E-state index contributed by atoms with van der Waals surface area (Å²) in [5.74, 6) is -0.870. The maximum Gasteiger partial charge on any atom is 0.338 e. The Balaban J connectivity index is 1.66. The average Bonchev–Trinajstić information content (AvgIpc) is 2.92. The van der Waals surface area contributed by atoms with E-state index in [1.54, 1.807) is 25.1 Å². The predicted molar refractivity (Wildman–Crippen MR) is 160 cm³/mol. The Morgan fingerprint density at radius 3 is 2.25 bits per heavy atom. The van der Waals surface area contributed by atoms with Crippen molar-refractivity contribution >= 4 is 50.7 Å². The molecule has 10 heteroatoms. The lowest BCUT2D eigenvalue weighted by Gasteiger charge is -2.29. The summed E-state index contributed by atoms with van der Waals surface area (Å²) in [6.07, 6.45) is 11.0. The summed E-state index contributed by atoms with van der Waals surface area (Å²) in [5, 5.41) is 2.94. The summed E-state index contributed by atoms with van der Waals surface area (Å²) in [4.78, 5) is 29.9. The molecule has 0 aromatic heterocycles. The van der Waals surface area contributed by atoms with Crippen molar-refractivity contribution in [1.29, 1.82) is 0 Å². The topological polar surface area (TPSA) is 105 Å². The van der Waals surface area contributed by atoms with Crippen LogP contribution in [0.3, 0.4) is 0 Å². The summed E-state index contributed by atoms with van der Waals surface area (Å²) in [7, 11) is -3.86. The van der Waals surface area contributed by atoms with Crippen LogP contribution in [0.25, 0.3) is 0 Å². The fraction of sp³-hybridized carbons (Fsp3) is 0.500. The van der Waals surface area contributed by atoms with E-state index in [-0.39, 0.29) is 46.6 Å². The van der Waals surface area contributed by atoms with Gasteiger partial charge in [-0.1, -0.05) is 88.4 Å². The summed E-state index contributed by atoms with van der Waals surface area (Å²) in [6, 6.07) is 11.0. The number of sulfonamides is 1. The third-order valence-corrected chi connectivity index (χ3v) is 8.96. The number of halogens is 1. The highest BCUT2D eigenvalue weighted by Gasteiger charge is 2.34. The molecule has 40 heavy (non-hydrogen) atoms. The van der Waals surface area contributed by atoms with Gasteiger partial charge >= 0.3 is 5.97 Å². The monoisotopic (exact) mass is 589 g/mol. The zero-order valence-electron chi connectivity index (χ0n) is 23.5. The molecule has 0 fully saturated rings. The number of amidine groups is 1. The molecule has 0 saturated heterocycles. The second-order valence-corrected chi connectivity index (χ2v) is 12.1. The van der Waals surface area contributed by atoms with Crippen LogP contribution >= 0.6 is 11.6 Å². The number of hydrogen-bond donors (Lipinski definition) is 1. The number of unbranched alkanes of at least 4 members (excludes halogenated alkanes) is 9. The van der Waals surface area contributed by atoms with Crippen molar-refractivity contribution in [3.8, 4) is 0 Å². The molecule has 1 heterocycles. The molecule has 0 spiro atoms. The van der Waals surface area contributed by atoms with Gasteiger partial charge in [0, 0.05) is 6.54 Å². The van der Waals surface area contributed by atoms with Crippen LogP contribution in [0.2, 0.25) is 5.02 Å². The van der Waals surface area contributed by atoms with Crippen molar-refractivity contribution in [2.24, 2.45) is 4.99 Å². The minimum atomic E-state index is -3.86. The zero-order valence-corrected chi connectivity index (χ0v) is 25.0. The molecule has 0 saturated carbocycles. The first-order valence-corrected chi connectivity index (χ1v) is 16.1. The largest absolute Gasteiger partial charge is 0.462 e. The van der Waals surface area contributed by atoms with Crippen LogP contribution in [0.5, 0.6) is 0 Å². The SMILES string of the molecule is CCCCCCCCCCCCN1C(CC(=O)Nc2cc(C(=O)OCC)ccc2Cl)=Nc2ccccc2S1(=O)=O. The number of ether oxygens (including phenoxy) is 1. The van der Waals surface area contributed by atoms with Gasteiger partial charge in [-0.05, 0) is 43.7 Å². The summed E-state index contributed by atoms with van der Waals surface area (Å²) in [5.41, 5.74) is 0.792. The van der Waals surface area contributed by atoms with Crippen LogP contribution in [0.4, 0.5) is 11.4 Å². The first kappa shape index (κ1) is 31.6. The lowest BCUT2D eigenvalue weighted by atomic mass is 10.1. The summed E-state index contributed by atoms with van der Waals surface area (Å²) < 4.78 is 33.3. The normalized spacial score (nSPS) is 13.9. The number of esters is 1. The van der Waals surface area contributed by atoms with Crippen LogP contribution in [0.1, 0.15) is 94.8 Å². The molecule has 8 nitrogen and oxygen atoms in total. The molecule has 218 valence electrons. The van der Waals surface area contributed by atoms with Gasteiger partial charge in [0.25, 0.3) is 10.0 Å². The molecule has 2 aromatic carbocycles. The van der Waals surface area contributed by atoms with Gasteiger partial charge in [0.05, 0.1) is 35.0 Å². The zero-order chi connectivity index (χ0) is 29.0. The second-order valence-electron chi connectivity index (χ2n) is 9.89. The highest BCUT2D eigenvalue weighted by Crippen LogP contribution is 2.33. The van der Waals surface area contributed by atoms with E-state index >= 15 is 0 Å². The van der Waals surface area contributed by atoms with Gasteiger partial charge in [0.2, 0.25) is 5.91 Å². The molecule has 1 aliphatic heterocycles. The Morgan fingerprint density at radius 1 is 0.925 bits per heavy atom. The van der Waals surface area contributed by atoms with Crippen molar-refractivity contribution in [3.05, 3.63) is 53.1 Å². The number of aliphatic imine (C=N–C) groups is 1. The smallest absolute Gasteiger partial charge is 0.338 e. The Kier molecular flexibility index (Phi) is 12.5. The Bertz CT molecular complexity index is 1300. The van der Waals surface area contributed by atoms with E-state index in [1.165, 1.54) is 67.1 Å². The van der Waals surface area contributed by atoms with E-state index in [9.17, 15) is 18.0 Å². The van der Waals surface area contributed by atoms with E-state index in [0.29, 0.717) is 12.1 Å². The maximum absolute atomic E-state index is 13.5. The molecule has 1 amide bonds. The quantitative estimate of drug-likeness (QED) is 0.161. The molecule has 0 atom stereocenters. The standard InChI is InChI=1S/C30H40ClN3O5S/c1-3-5-6-7-8-9-10-11-12-15-20-34-28(32-25-16-13-14-17-27(25)40(34,37)38)22-29(35)33-26-21-23(18-19-24(26)31)30(36)39-4-2/h13-14,16-19,21H,3-12,15,20,22H2,1-2H3,(H,33,35). The minimum absolute atomic E-state index is 0.136. The summed E-state index contributed by atoms with van der Waals surface area (Å²) >= 11 is 6.25. The molecule has 1 aliphatic rings. The Hall–Kier alpha value is -2.91. The number of para-hydroxylation sites is 1. The fourth-order valence-electron chi connectivity index (χ4n) is 4.64. The first-order chi connectivity index (χ1) is 19.3. The Morgan fingerprint density at radius 2 is 1.57 bits per heavy atom. The average molecular weight is 590 g/mol. The molecule has 2 aromatic rings. The lowest BCUT2D eigenvalue weighted by molar-refractivity contribution is -0.115. The second kappa shape index (κ2) is 15.8. The number of rotatable bonds is 16. The number of nitrogens with one attached hydrogen (secondary N) is 1. The number of anilines is 1. The van der Waals surface area contributed by atoms with Crippen molar-refractivity contribution in [2.45, 2.75) is 89.4 Å². The molecule has 0 radical (unpaired) electrons. The van der Waals surface area contributed by atoms with Gasteiger partial charge in [-0.15, -0.1) is 0 Å². The van der Waals surface area contributed by atoms with E-state index in [4.69, 9.17) is 16.3 Å². The third kappa shape index (κ3) is 8.80. The number of amides is 1. The van der Waals surface area contributed by atoms with Crippen LogP contribution in [0, 0.1) is 0 Å². The highest BCUT2D eigenvalue weighted by molar-refractivity contribution is 7.90. The van der Waals surface area contributed by atoms with Gasteiger partial charge in [-0.3, -0.25) is 9.10 Å². The van der Waals surface area contributed by atoms with Crippen molar-refractivity contribution in [3.63, 3.8) is 0 Å². The van der Waals surface area contributed by atoms with E-state index in [0.717, 1.165) is 19.3 Å². The highest BCUT2D eigenvalue weighted by atomic mass is 35.5. The Labute approximate surface area is 243 Å². The number of carbonyl (C=O) groups is 2. The van der Waals surface area contributed by atoms with Gasteiger partial charge in [-0.25, -0.2) is 18.2 Å². The van der Waals surface area contributed by atoms with Crippen molar-refractivity contribution in [1.82, 2.24) is 4.31 Å². The number of nitrogens with zero attached hydrogens (tertiary/aromatic N) is 2. The maximum atomic E-state index is 13.5. The van der Waals surface area contributed by atoms with Gasteiger partial charge in [0.1, 0.15) is 10.7 Å². The molecule has 3 rings (SSSR count). The number of fused-ring (bicyclic) bond motifs is 1. The fourth-order valence-corrected chi connectivity index (χ4v) is 6.42. The van der Waals surface area contributed by atoms with Crippen LogP contribution < -0.4 is 5.32 Å². The van der Waals surface area contributed by atoms with Crippen LogP contribution in [-0.2, 0) is 19.6 Å². The first-order valence-electron chi connectivity index (χ1n) is 14.2. The van der Waals surface area contributed by atoms with E-state index in [2.05, 4.69) is 17.2 Å². The molecule has 1 N–H and O–H groups in total. The van der Waals surface area contributed by atoms with Crippen LogP contribution in [-0.4, -0.2) is 43.6 Å². The van der Waals surface area contributed by atoms with E-state index < -0.39 is 21.9 Å². The van der Waals surface area contributed by atoms with E-state index in [1.807, 2.05) is 0 Å². The number of carbonyl (C=O) groups excluding carboxylic acids is 2. The van der Waals surface area contributed by atoms with Gasteiger partial charge in [0.15, 0.2) is 0 Å². The molecule has 0 unspecified atom stereocenters. The van der Waals surface area contributed by atoms with Crippen molar-refractivity contribution in [2.75, 3.05) is 18.5 Å². The van der Waals surface area contributed by atoms with Gasteiger partial charge in [-0.2, -0.15) is 0 Å². The summed E-state index contributed by atoms with van der Waals surface area (Å²) in [6.45, 7) is 4.38. The predicted octanol–water partition coefficient (Wildman–Crippen LogP) is 7.50. The lowest BCUT2D eigenvalue weighted by Crippen LogP contribution is -2.41.